The van der Waals surface area contributed by atoms with Crippen molar-refractivity contribution < 1.29 is 4.79 Å². The molecule has 0 radical (unpaired) electrons. The van der Waals surface area contributed by atoms with E-state index in [1.807, 2.05) is 6.92 Å². The molecule has 0 saturated heterocycles. The monoisotopic (exact) mass is 340 g/mol. The Hall–Kier alpha value is -3.03. The van der Waals surface area contributed by atoms with Crippen LogP contribution in [0, 0.1) is 6.92 Å². The minimum atomic E-state index is -0.340. The fourth-order valence-corrected chi connectivity index (χ4v) is 2.55. The summed E-state index contributed by atoms with van der Waals surface area (Å²) in [6.07, 6.45) is 3.72. The first-order valence-corrected chi connectivity index (χ1v) is 8.25. The van der Waals surface area contributed by atoms with Gasteiger partial charge in [-0.2, -0.15) is 5.10 Å². The van der Waals surface area contributed by atoms with Crippen molar-refractivity contribution in [2.24, 2.45) is 0 Å². The standard InChI is InChI=1S/C17H20N6O2/c1-3-4-9-22-16(12(2)10-18-22)19-15(24)11-23-17(25)13-7-5-6-8-14(13)20-21-23/h5-8,10H,3-4,9,11H2,1-2H3,(H,19,24). The molecule has 0 bridgehead atoms. The van der Waals surface area contributed by atoms with Crippen LogP contribution in [-0.4, -0.2) is 30.7 Å². The van der Waals surface area contributed by atoms with Crippen LogP contribution in [0.5, 0.6) is 0 Å². The average Bonchev–Trinajstić information content (AvgIpc) is 2.96. The van der Waals surface area contributed by atoms with Crippen molar-refractivity contribution in [1.29, 1.82) is 0 Å². The Kier molecular flexibility index (Phi) is 4.87. The van der Waals surface area contributed by atoms with Gasteiger partial charge in [0.05, 0.1) is 11.6 Å². The lowest BCUT2D eigenvalue weighted by atomic mass is 10.2. The van der Waals surface area contributed by atoms with Crippen LogP contribution in [-0.2, 0) is 17.9 Å². The fourth-order valence-electron chi connectivity index (χ4n) is 2.55. The summed E-state index contributed by atoms with van der Waals surface area (Å²) in [6.45, 7) is 4.51. The zero-order chi connectivity index (χ0) is 17.8. The van der Waals surface area contributed by atoms with E-state index in [2.05, 4.69) is 27.7 Å². The molecule has 0 saturated carbocycles. The van der Waals surface area contributed by atoms with E-state index < -0.39 is 0 Å². The van der Waals surface area contributed by atoms with Gasteiger partial charge in [0.1, 0.15) is 17.9 Å². The summed E-state index contributed by atoms with van der Waals surface area (Å²) < 4.78 is 2.84. The maximum Gasteiger partial charge on any atom is 0.278 e. The molecule has 0 unspecified atom stereocenters. The van der Waals surface area contributed by atoms with E-state index in [-0.39, 0.29) is 18.0 Å². The first-order valence-electron chi connectivity index (χ1n) is 8.25. The predicted molar refractivity (Wildman–Crippen MR) is 94.3 cm³/mol. The highest BCUT2D eigenvalue weighted by Gasteiger charge is 2.13. The fraction of sp³-hybridized carbons (Fsp3) is 0.353. The summed E-state index contributed by atoms with van der Waals surface area (Å²) in [6, 6.07) is 6.92. The number of aromatic nitrogens is 5. The Morgan fingerprint density at radius 1 is 1.24 bits per heavy atom. The Morgan fingerprint density at radius 3 is 2.84 bits per heavy atom. The lowest BCUT2D eigenvalue weighted by Gasteiger charge is -2.10. The molecule has 130 valence electrons. The second-order valence-electron chi connectivity index (χ2n) is 5.87. The maximum atomic E-state index is 12.4. The highest BCUT2D eigenvalue weighted by molar-refractivity contribution is 5.90. The van der Waals surface area contributed by atoms with Crippen LogP contribution in [0.4, 0.5) is 5.82 Å². The number of anilines is 1. The summed E-state index contributed by atoms with van der Waals surface area (Å²) in [5.41, 5.74) is 1.05. The van der Waals surface area contributed by atoms with E-state index in [0.717, 1.165) is 29.6 Å². The number of carbonyl (C=O) groups excluding carboxylic acids is 1. The van der Waals surface area contributed by atoms with Crippen molar-refractivity contribution in [3.05, 3.63) is 46.4 Å². The summed E-state index contributed by atoms with van der Waals surface area (Å²) in [7, 11) is 0. The van der Waals surface area contributed by atoms with Crippen molar-refractivity contribution in [3.8, 4) is 0 Å². The minimum Gasteiger partial charge on any atom is -0.309 e. The van der Waals surface area contributed by atoms with Gasteiger partial charge in [-0.25, -0.2) is 9.36 Å². The molecule has 0 atom stereocenters. The van der Waals surface area contributed by atoms with Crippen LogP contribution < -0.4 is 10.9 Å². The molecule has 1 N–H and O–H groups in total. The highest BCUT2D eigenvalue weighted by atomic mass is 16.2. The molecule has 1 aromatic carbocycles. The van der Waals surface area contributed by atoms with Gasteiger partial charge in [0, 0.05) is 12.1 Å². The van der Waals surface area contributed by atoms with Crippen molar-refractivity contribution in [2.45, 2.75) is 39.8 Å². The number of fused-ring (bicyclic) bond motifs is 1. The molecule has 8 heteroatoms. The number of nitrogens with one attached hydrogen (secondary N) is 1. The van der Waals surface area contributed by atoms with Gasteiger partial charge in [0.25, 0.3) is 5.56 Å². The number of hydrogen-bond acceptors (Lipinski definition) is 5. The number of amides is 1. The third-order valence-electron chi connectivity index (χ3n) is 3.93. The quantitative estimate of drug-likeness (QED) is 0.737. The van der Waals surface area contributed by atoms with Gasteiger partial charge in [-0.15, -0.1) is 5.10 Å². The average molecular weight is 340 g/mol. The Morgan fingerprint density at radius 2 is 2.04 bits per heavy atom. The molecule has 0 aliphatic rings. The van der Waals surface area contributed by atoms with E-state index in [0.29, 0.717) is 16.7 Å². The molecule has 1 amide bonds. The van der Waals surface area contributed by atoms with E-state index in [1.165, 1.54) is 0 Å². The lowest BCUT2D eigenvalue weighted by molar-refractivity contribution is -0.117. The molecule has 2 aromatic heterocycles. The Balaban J connectivity index is 1.79. The van der Waals surface area contributed by atoms with Crippen molar-refractivity contribution >= 4 is 22.6 Å². The third kappa shape index (κ3) is 3.57. The molecule has 3 aromatic rings. The zero-order valence-electron chi connectivity index (χ0n) is 14.3. The molecule has 0 fully saturated rings. The number of nitrogens with zero attached hydrogens (tertiary/aromatic N) is 5. The predicted octanol–water partition coefficient (Wildman–Crippen LogP) is 1.74. The van der Waals surface area contributed by atoms with Crippen LogP contribution in [0.3, 0.4) is 0 Å². The zero-order valence-corrected chi connectivity index (χ0v) is 14.3. The summed E-state index contributed by atoms with van der Waals surface area (Å²) in [5, 5.41) is 15.4. The van der Waals surface area contributed by atoms with Gasteiger partial charge >= 0.3 is 0 Å². The van der Waals surface area contributed by atoms with Gasteiger partial charge in [0.2, 0.25) is 5.91 Å². The van der Waals surface area contributed by atoms with E-state index in [1.54, 1.807) is 35.1 Å². The maximum absolute atomic E-state index is 12.4. The first-order chi connectivity index (χ1) is 12.1. The van der Waals surface area contributed by atoms with Gasteiger partial charge in [0.15, 0.2) is 0 Å². The van der Waals surface area contributed by atoms with Crippen molar-refractivity contribution in [2.75, 3.05) is 5.32 Å². The number of unbranched alkanes of at least 4 members (excludes halogenated alkanes) is 1. The molecule has 3 rings (SSSR count). The topological polar surface area (TPSA) is 94.7 Å². The summed E-state index contributed by atoms with van der Waals surface area (Å²) in [5.74, 6) is 0.313. The minimum absolute atomic E-state index is 0.199. The highest BCUT2D eigenvalue weighted by Crippen LogP contribution is 2.14. The van der Waals surface area contributed by atoms with Gasteiger partial charge < -0.3 is 5.32 Å². The Bertz CT molecular complexity index is 959. The summed E-state index contributed by atoms with van der Waals surface area (Å²) >= 11 is 0. The van der Waals surface area contributed by atoms with Gasteiger partial charge in [-0.05, 0) is 25.5 Å². The van der Waals surface area contributed by atoms with Crippen LogP contribution in [0.15, 0.2) is 35.3 Å². The van der Waals surface area contributed by atoms with Crippen LogP contribution in [0.1, 0.15) is 25.3 Å². The molecule has 2 heterocycles. The lowest BCUT2D eigenvalue weighted by Crippen LogP contribution is -2.31. The largest absolute Gasteiger partial charge is 0.309 e. The number of carbonyl (C=O) groups is 1. The first kappa shape index (κ1) is 16.8. The number of aryl methyl sites for hydroxylation is 2. The number of benzene rings is 1. The van der Waals surface area contributed by atoms with Crippen LogP contribution in [0.2, 0.25) is 0 Å². The molecular weight excluding hydrogens is 320 g/mol. The van der Waals surface area contributed by atoms with Crippen LogP contribution >= 0.6 is 0 Å². The van der Waals surface area contributed by atoms with Gasteiger partial charge in [-0.1, -0.05) is 30.7 Å². The molecule has 0 aliphatic heterocycles. The SMILES string of the molecule is CCCCn1ncc(C)c1NC(=O)Cn1nnc2ccccc2c1=O. The molecule has 8 nitrogen and oxygen atoms in total. The summed E-state index contributed by atoms with van der Waals surface area (Å²) in [4.78, 5) is 24.8. The molecular formula is C17H20N6O2. The van der Waals surface area contributed by atoms with Crippen molar-refractivity contribution in [3.63, 3.8) is 0 Å². The molecule has 25 heavy (non-hydrogen) atoms. The number of rotatable bonds is 6. The van der Waals surface area contributed by atoms with E-state index >= 15 is 0 Å². The van der Waals surface area contributed by atoms with Crippen molar-refractivity contribution in [1.82, 2.24) is 24.8 Å². The third-order valence-corrected chi connectivity index (χ3v) is 3.93. The van der Waals surface area contributed by atoms with E-state index in [4.69, 9.17) is 0 Å². The Labute approximate surface area is 144 Å². The van der Waals surface area contributed by atoms with Gasteiger partial charge in [-0.3, -0.25) is 9.59 Å². The molecule has 0 aliphatic carbocycles. The van der Waals surface area contributed by atoms with Crippen LogP contribution in [0.25, 0.3) is 10.9 Å². The number of hydrogen-bond donors (Lipinski definition) is 1. The van der Waals surface area contributed by atoms with E-state index in [9.17, 15) is 9.59 Å². The second-order valence-corrected chi connectivity index (χ2v) is 5.87. The molecule has 0 spiro atoms. The smallest absolute Gasteiger partial charge is 0.278 e. The normalized spacial score (nSPS) is 11.0. The second kappa shape index (κ2) is 7.25.